The summed E-state index contributed by atoms with van der Waals surface area (Å²) in [7, 11) is -2.36. The van der Waals surface area contributed by atoms with Gasteiger partial charge in [0.2, 0.25) is 0 Å². The number of hydrogen-bond acceptors (Lipinski definition) is 3. The Bertz CT molecular complexity index is 440. The monoisotopic (exact) mass is 270 g/mol. The van der Waals surface area contributed by atoms with Crippen LogP contribution >= 0.6 is 0 Å². The molecule has 1 aromatic carbocycles. The predicted molar refractivity (Wildman–Crippen MR) is 71.3 cm³/mol. The van der Waals surface area contributed by atoms with E-state index >= 15 is 0 Å². The maximum atomic E-state index is 11.6. The highest BCUT2D eigenvalue weighted by molar-refractivity contribution is 8.06. The van der Waals surface area contributed by atoms with E-state index in [4.69, 9.17) is 0 Å². The number of benzene rings is 1. The first kappa shape index (κ1) is 12.7. The topological polar surface area (TPSA) is 54.4 Å². The lowest BCUT2D eigenvalue weighted by atomic mass is 10.2. The summed E-state index contributed by atoms with van der Waals surface area (Å²) in [5, 5.41) is 9.88. The lowest BCUT2D eigenvalue weighted by Crippen LogP contribution is -2.28. The van der Waals surface area contributed by atoms with Crippen molar-refractivity contribution in [3.05, 3.63) is 42.0 Å². The molecule has 0 spiro atoms. The van der Waals surface area contributed by atoms with Gasteiger partial charge in [-0.15, -0.1) is 0 Å². The van der Waals surface area contributed by atoms with E-state index < -0.39 is 32.3 Å². The number of hydrogen-bond donors (Lipinski definition) is 1. The van der Waals surface area contributed by atoms with Crippen LogP contribution < -0.4 is 0 Å². The van der Waals surface area contributed by atoms with Crippen LogP contribution in [0.25, 0.3) is 6.08 Å². The van der Waals surface area contributed by atoms with Gasteiger partial charge in [-0.2, -0.15) is 0 Å². The highest BCUT2D eigenvalue weighted by atomic mass is 32.3. The second kappa shape index (κ2) is 5.71. The Balaban J connectivity index is 2.06. The highest BCUT2D eigenvalue weighted by Gasteiger charge is 2.35. The molecule has 2 rings (SSSR count). The minimum absolute atomic E-state index is 0.424. The molecule has 3 nitrogen and oxygen atoms in total. The summed E-state index contributed by atoms with van der Waals surface area (Å²) in [5.41, 5.74) is 0.959. The van der Waals surface area contributed by atoms with Crippen LogP contribution in [-0.4, -0.2) is 35.7 Å². The van der Waals surface area contributed by atoms with Gasteiger partial charge in [-0.3, -0.25) is 8.42 Å². The molecule has 92 valence electrons. The molecule has 0 saturated carbocycles. The second-order valence-corrected chi connectivity index (χ2v) is 7.45. The third-order valence-corrected chi connectivity index (χ3v) is 6.92. The summed E-state index contributed by atoms with van der Waals surface area (Å²) < 4.78 is 22.5. The number of aliphatic hydroxyl groups is 1. The van der Waals surface area contributed by atoms with Crippen LogP contribution in [0.3, 0.4) is 0 Å². The van der Waals surface area contributed by atoms with E-state index in [1.54, 1.807) is 12.2 Å². The van der Waals surface area contributed by atoms with Crippen LogP contribution in [-0.2, 0) is 21.6 Å². The molecule has 0 aliphatic carbocycles. The molecule has 1 N–H and O–H groups in total. The fourth-order valence-corrected chi connectivity index (χ4v) is 5.81. The minimum Gasteiger partial charge on any atom is -0.387 e. The first-order chi connectivity index (χ1) is 8.18. The third kappa shape index (κ3) is 3.12. The molecule has 17 heavy (non-hydrogen) atoms. The molecular weight excluding hydrogens is 256 g/mol. The number of aliphatic hydroxyl groups excluding tert-OH is 1. The van der Waals surface area contributed by atoms with Gasteiger partial charge in [-0.1, -0.05) is 42.5 Å². The van der Waals surface area contributed by atoms with Crippen LogP contribution in [0.5, 0.6) is 0 Å². The van der Waals surface area contributed by atoms with Crippen molar-refractivity contribution in [2.45, 2.75) is 10.7 Å². The molecule has 0 amide bonds. The molecule has 0 unspecified atom stereocenters. The summed E-state index contributed by atoms with van der Waals surface area (Å²) in [6.45, 7) is 0. The Kier molecular flexibility index (Phi) is 4.25. The maximum absolute atomic E-state index is 11.6. The van der Waals surface area contributed by atoms with E-state index in [0.29, 0.717) is 11.5 Å². The van der Waals surface area contributed by atoms with Gasteiger partial charge in [0.15, 0.2) is 0 Å². The van der Waals surface area contributed by atoms with Crippen LogP contribution in [0, 0.1) is 0 Å². The van der Waals surface area contributed by atoms with Gasteiger partial charge in [0.1, 0.15) is 4.58 Å². The first-order valence-corrected chi connectivity index (χ1v) is 8.10. The molecule has 1 aromatic rings. The molecule has 1 aliphatic rings. The van der Waals surface area contributed by atoms with Gasteiger partial charge in [0.25, 0.3) is 0 Å². The lowest BCUT2D eigenvalue weighted by Gasteiger charge is -2.11. The number of rotatable bonds is 3. The van der Waals surface area contributed by atoms with Gasteiger partial charge in [-0.25, -0.2) is 0 Å². The Morgan fingerprint density at radius 1 is 1.18 bits per heavy atom. The smallest absolute Gasteiger partial charge is 0.139 e. The van der Waals surface area contributed by atoms with Crippen molar-refractivity contribution >= 4 is 27.7 Å². The van der Waals surface area contributed by atoms with Crippen molar-refractivity contribution in [1.82, 2.24) is 0 Å². The van der Waals surface area contributed by atoms with E-state index in [-0.39, 0.29) is 0 Å². The quantitative estimate of drug-likeness (QED) is 0.888. The molecule has 0 bridgehead atoms. The Morgan fingerprint density at radius 2 is 1.76 bits per heavy atom. The van der Waals surface area contributed by atoms with E-state index in [1.807, 2.05) is 30.3 Å². The van der Waals surface area contributed by atoms with Gasteiger partial charge in [-0.05, 0) is 5.56 Å². The van der Waals surface area contributed by atoms with Crippen molar-refractivity contribution in [3.8, 4) is 0 Å². The van der Waals surface area contributed by atoms with Crippen LogP contribution in [0.15, 0.2) is 36.4 Å². The summed E-state index contributed by atoms with van der Waals surface area (Å²) in [6.07, 6.45) is 2.43. The summed E-state index contributed by atoms with van der Waals surface area (Å²) in [6, 6.07) is 9.53. The van der Waals surface area contributed by atoms with Crippen LogP contribution in [0.1, 0.15) is 5.56 Å². The predicted octanol–water partition coefficient (Wildman–Crippen LogP) is 0.898. The van der Waals surface area contributed by atoms with Crippen LogP contribution in [0.4, 0.5) is 0 Å². The van der Waals surface area contributed by atoms with Crippen molar-refractivity contribution in [2.24, 2.45) is 0 Å². The Morgan fingerprint density at radius 3 is 2.35 bits per heavy atom. The first-order valence-electron chi connectivity index (χ1n) is 5.34. The average Bonchev–Trinajstić information content (AvgIpc) is 2.67. The van der Waals surface area contributed by atoms with E-state index in [1.165, 1.54) is 0 Å². The highest BCUT2D eigenvalue weighted by Crippen LogP contribution is 2.18. The van der Waals surface area contributed by atoms with Gasteiger partial charge >= 0.3 is 0 Å². The fraction of sp³-hybridized carbons (Fsp3) is 0.333. The summed E-state index contributed by atoms with van der Waals surface area (Å²) in [4.78, 5) is 0. The molecular formula is C12H14O3S2. The fourth-order valence-electron chi connectivity index (χ4n) is 1.69. The molecule has 0 radical (unpaired) electrons. The van der Waals surface area contributed by atoms with E-state index in [2.05, 4.69) is 0 Å². The second-order valence-electron chi connectivity index (χ2n) is 3.80. The lowest BCUT2D eigenvalue weighted by molar-refractivity contribution is 0.240. The normalized spacial score (nSPS) is 27.6. The SMILES string of the molecule is O=[S@@]1CC[S@@](=O)C1[C@@H](O)/C=C/c1ccccc1. The van der Waals surface area contributed by atoms with E-state index in [9.17, 15) is 13.5 Å². The molecule has 1 saturated heterocycles. The molecule has 1 heterocycles. The zero-order valence-corrected chi connectivity index (χ0v) is 10.8. The largest absolute Gasteiger partial charge is 0.387 e. The average molecular weight is 270 g/mol. The van der Waals surface area contributed by atoms with Crippen LogP contribution in [0.2, 0.25) is 0 Å². The van der Waals surface area contributed by atoms with Crippen molar-refractivity contribution in [1.29, 1.82) is 0 Å². The molecule has 0 aromatic heterocycles. The maximum Gasteiger partial charge on any atom is 0.139 e. The van der Waals surface area contributed by atoms with E-state index in [0.717, 1.165) is 5.56 Å². The molecule has 5 heteroatoms. The summed E-state index contributed by atoms with van der Waals surface area (Å²) in [5.74, 6) is 0.848. The third-order valence-electron chi connectivity index (χ3n) is 2.57. The van der Waals surface area contributed by atoms with Gasteiger partial charge < -0.3 is 5.11 Å². The Labute approximate surface area is 105 Å². The van der Waals surface area contributed by atoms with Gasteiger partial charge in [0.05, 0.1) is 6.10 Å². The van der Waals surface area contributed by atoms with Crippen molar-refractivity contribution < 1.29 is 13.5 Å². The zero-order valence-electron chi connectivity index (χ0n) is 9.19. The summed E-state index contributed by atoms with van der Waals surface area (Å²) >= 11 is 0. The van der Waals surface area contributed by atoms with Crippen molar-refractivity contribution in [2.75, 3.05) is 11.5 Å². The van der Waals surface area contributed by atoms with Crippen molar-refractivity contribution in [3.63, 3.8) is 0 Å². The van der Waals surface area contributed by atoms with Gasteiger partial charge in [0, 0.05) is 33.1 Å². The molecule has 1 fully saturated rings. The molecule has 1 aliphatic heterocycles. The molecule has 3 atom stereocenters. The standard InChI is InChI=1S/C12H14O3S2/c13-11(12-16(14)8-9-17(12)15)7-6-10-4-2-1-3-5-10/h1-7,11-13H,8-9H2/b7-6+/t11-,16+,17+/m0/s1. The minimum atomic E-state index is -1.18. The zero-order chi connectivity index (χ0) is 12.3. The Hall–Kier alpha value is -0.780.